The van der Waals surface area contributed by atoms with Crippen LogP contribution in [-0.2, 0) is 6.54 Å². The maximum atomic E-state index is 6.14. The van der Waals surface area contributed by atoms with E-state index in [1.54, 1.807) is 7.11 Å². The van der Waals surface area contributed by atoms with E-state index in [2.05, 4.69) is 21.2 Å². The van der Waals surface area contributed by atoms with E-state index < -0.39 is 0 Å². The van der Waals surface area contributed by atoms with Crippen molar-refractivity contribution in [2.75, 3.05) is 12.4 Å². The van der Waals surface area contributed by atoms with Gasteiger partial charge in [-0.25, -0.2) is 0 Å². The second-order valence-corrected chi connectivity index (χ2v) is 5.63. The van der Waals surface area contributed by atoms with Crippen molar-refractivity contribution in [2.24, 2.45) is 0 Å². The van der Waals surface area contributed by atoms with E-state index in [0.717, 1.165) is 21.5 Å². The zero-order valence-electron chi connectivity index (χ0n) is 10.2. The van der Waals surface area contributed by atoms with Gasteiger partial charge in [-0.15, -0.1) is 0 Å². The minimum absolute atomic E-state index is 0.533. The highest BCUT2D eigenvalue weighted by Crippen LogP contribution is 2.30. The van der Waals surface area contributed by atoms with Crippen LogP contribution in [0.5, 0.6) is 5.75 Å². The Kier molecular flexibility index (Phi) is 4.97. The molecule has 19 heavy (non-hydrogen) atoms. The minimum Gasteiger partial charge on any atom is -0.495 e. The lowest BCUT2D eigenvalue weighted by atomic mass is 10.2. The summed E-state index contributed by atoms with van der Waals surface area (Å²) in [5, 5.41) is 4.57. The monoisotopic (exact) mass is 359 g/mol. The van der Waals surface area contributed by atoms with Crippen molar-refractivity contribution in [3.8, 4) is 5.75 Å². The Bertz CT molecular complexity index is 569. The predicted octanol–water partition coefficient (Wildman–Crippen LogP) is 5.38. The van der Waals surface area contributed by atoms with E-state index in [-0.39, 0.29) is 0 Å². The Morgan fingerprint density at radius 3 is 2.47 bits per heavy atom. The molecule has 2 nitrogen and oxygen atoms in total. The molecule has 2 aromatic rings. The standard InChI is InChI=1S/C14H12BrCl2NO/c1-19-14-6-5-9(15)7-13(14)18-8-10-11(16)3-2-4-12(10)17/h2-7,18H,8H2,1H3. The lowest BCUT2D eigenvalue weighted by molar-refractivity contribution is 0.416. The summed E-state index contributed by atoms with van der Waals surface area (Å²) in [6.07, 6.45) is 0. The molecule has 0 saturated heterocycles. The van der Waals surface area contributed by atoms with E-state index in [1.165, 1.54) is 0 Å². The predicted molar refractivity (Wildman–Crippen MR) is 84.5 cm³/mol. The molecule has 0 radical (unpaired) electrons. The van der Waals surface area contributed by atoms with Gasteiger partial charge in [-0.1, -0.05) is 45.2 Å². The van der Waals surface area contributed by atoms with Crippen molar-refractivity contribution in [1.82, 2.24) is 0 Å². The first kappa shape index (κ1) is 14.5. The van der Waals surface area contributed by atoms with E-state index in [1.807, 2.05) is 36.4 Å². The zero-order valence-corrected chi connectivity index (χ0v) is 13.3. The van der Waals surface area contributed by atoms with Crippen LogP contribution in [0.25, 0.3) is 0 Å². The average Bonchev–Trinajstić information content (AvgIpc) is 2.38. The third kappa shape index (κ3) is 3.56. The maximum Gasteiger partial charge on any atom is 0.142 e. The molecule has 0 atom stereocenters. The first-order chi connectivity index (χ1) is 9.11. The molecule has 2 aromatic carbocycles. The highest BCUT2D eigenvalue weighted by atomic mass is 79.9. The van der Waals surface area contributed by atoms with Gasteiger partial charge in [0.2, 0.25) is 0 Å². The summed E-state index contributed by atoms with van der Waals surface area (Å²) < 4.78 is 6.27. The number of hydrogen-bond acceptors (Lipinski definition) is 2. The summed E-state index contributed by atoms with van der Waals surface area (Å²) in [7, 11) is 1.64. The van der Waals surface area contributed by atoms with E-state index >= 15 is 0 Å². The van der Waals surface area contributed by atoms with Crippen LogP contribution >= 0.6 is 39.1 Å². The van der Waals surface area contributed by atoms with Crippen LogP contribution in [0.2, 0.25) is 10.0 Å². The number of hydrogen-bond donors (Lipinski definition) is 1. The first-order valence-corrected chi connectivity index (χ1v) is 7.17. The molecule has 0 heterocycles. The molecule has 0 amide bonds. The average molecular weight is 361 g/mol. The molecule has 0 aliphatic heterocycles. The summed E-state index contributed by atoms with van der Waals surface area (Å²) in [4.78, 5) is 0. The molecule has 1 N–H and O–H groups in total. The highest BCUT2D eigenvalue weighted by Gasteiger charge is 2.07. The van der Waals surface area contributed by atoms with Crippen LogP contribution in [0.15, 0.2) is 40.9 Å². The number of rotatable bonds is 4. The van der Waals surface area contributed by atoms with Crippen molar-refractivity contribution in [2.45, 2.75) is 6.54 Å². The van der Waals surface area contributed by atoms with Gasteiger partial charge in [0.05, 0.1) is 12.8 Å². The molecule has 0 aliphatic carbocycles. The Morgan fingerprint density at radius 1 is 1.16 bits per heavy atom. The number of benzene rings is 2. The van der Waals surface area contributed by atoms with Gasteiger partial charge < -0.3 is 10.1 Å². The third-order valence-corrected chi connectivity index (χ3v) is 3.88. The van der Waals surface area contributed by atoms with Crippen molar-refractivity contribution < 1.29 is 4.74 Å². The van der Waals surface area contributed by atoms with Gasteiger partial charge in [-0.3, -0.25) is 0 Å². The molecule has 0 aromatic heterocycles. The molecule has 2 rings (SSSR count). The number of methoxy groups -OCH3 is 1. The second-order valence-electron chi connectivity index (χ2n) is 3.90. The molecule has 5 heteroatoms. The van der Waals surface area contributed by atoms with Crippen LogP contribution in [0, 0.1) is 0 Å². The summed E-state index contributed by atoms with van der Waals surface area (Å²) >= 11 is 15.7. The van der Waals surface area contributed by atoms with Gasteiger partial charge >= 0.3 is 0 Å². The van der Waals surface area contributed by atoms with Crippen molar-refractivity contribution in [1.29, 1.82) is 0 Å². The maximum absolute atomic E-state index is 6.14. The minimum atomic E-state index is 0.533. The van der Waals surface area contributed by atoms with Gasteiger partial charge in [-0.2, -0.15) is 0 Å². The van der Waals surface area contributed by atoms with Crippen molar-refractivity contribution in [3.63, 3.8) is 0 Å². The lowest BCUT2D eigenvalue weighted by Gasteiger charge is -2.13. The number of anilines is 1. The second kappa shape index (κ2) is 6.51. The fourth-order valence-corrected chi connectivity index (χ4v) is 2.60. The van der Waals surface area contributed by atoms with Gasteiger partial charge in [0.25, 0.3) is 0 Å². The zero-order chi connectivity index (χ0) is 13.8. The van der Waals surface area contributed by atoms with Crippen molar-refractivity contribution >= 4 is 44.8 Å². The van der Waals surface area contributed by atoms with Crippen LogP contribution in [0.4, 0.5) is 5.69 Å². The summed E-state index contributed by atoms with van der Waals surface area (Å²) in [6, 6.07) is 11.2. The molecule has 0 aliphatic rings. The summed E-state index contributed by atoms with van der Waals surface area (Å²) in [6.45, 7) is 0.533. The van der Waals surface area contributed by atoms with Crippen molar-refractivity contribution in [3.05, 3.63) is 56.5 Å². The number of halogens is 3. The van der Waals surface area contributed by atoms with Crippen LogP contribution in [-0.4, -0.2) is 7.11 Å². The molecule has 100 valence electrons. The van der Waals surface area contributed by atoms with Gasteiger partial charge in [-0.05, 0) is 30.3 Å². The Labute approximate surface area is 130 Å². The molecule has 0 bridgehead atoms. The quantitative estimate of drug-likeness (QED) is 0.790. The normalized spacial score (nSPS) is 10.3. The Balaban J connectivity index is 2.21. The molecular formula is C14H12BrCl2NO. The molecule has 0 unspecified atom stereocenters. The first-order valence-electron chi connectivity index (χ1n) is 5.62. The SMILES string of the molecule is COc1ccc(Br)cc1NCc1c(Cl)cccc1Cl. The highest BCUT2D eigenvalue weighted by molar-refractivity contribution is 9.10. The molecule has 0 fully saturated rings. The van der Waals surface area contributed by atoms with Gasteiger partial charge in [0, 0.05) is 26.6 Å². The van der Waals surface area contributed by atoms with Crippen LogP contribution in [0.3, 0.4) is 0 Å². The Morgan fingerprint density at radius 2 is 1.84 bits per heavy atom. The lowest BCUT2D eigenvalue weighted by Crippen LogP contribution is -2.02. The van der Waals surface area contributed by atoms with Gasteiger partial charge in [0.1, 0.15) is 5.75 Å². The third-order valence-electron chi connectivity index (χ3n) is 2.68. The van der Waals surface area contributed by atoms with E-state index in [9.17, 15) is 0 Å². The van der Waals surface area contributed by atoms with Crippen LogP contribution in [0.1, 0.15) is 5.56 Å². The van der Waals surface area contributed by atoms with Crippen LogP contribution < -0.4 is 10.1 Å². The van der Waals surface area contributed by atoms with E-state index in [0.29, 0.717) is 16.6 Å². The topological polar surface area (TPSA) is 21.3 Å². The molecular weight excluding hydrogens is 349 g/mol. The smallest absolute Gasteiger partial charge is 0.142 e. The number of nitrogens with one attached hydrogen (secondary N) is 1. The summed E-state index contributed by atoms with van der Waals surface area (Å²) in [5.41, 5.74) is 1.75. The molecule has 0 saturated carbocycles. The van der Waals surface area contributed by atoms with Gasteiger partial charge in [0.15, 0.2) is 0 Å². The largest absolute Gasteiger partial charge is 0.495 e. The summed E-state index contributed by atoms with van der Waals surface area (Å²) in [5.74, 6) is 0.770. The Hall–Kier alpha value is -0.900. The van der Waals surface area contributed by atoms with E-state index in [4.69, 9.17) is 27.9 Å². The fourth-order valence-electron chi connectivity index (χ4n) is 1.70. The fraction of sp³-hybridized carbons (Fsp3) is 0.143. The molecule has 0 spiro atoms. The number of ether oxygens (including phenoxy) is 1.